The third-order valence-electron chi connectivity index (χ3n) is 1.39. The lowest BCUT2D eigenvalue weighted by atomic mass is 10.2. The number of hydrogen-bond donors (Lipinski definition) is 1. The minimum absolute atomic E-state index is 0.206. The molecule has 1 aromatic rings. The summed E-state index contributed by atoms with van der Waals surface area (Å²) in [5.74, 6) is 4.15. The Bertz CT molecular complexity index is 416. The molecule has 0 aliphatic heterocycles. The second-order valence-electron chi connectivity index (χ2n) is 2.50. The van der Waals surface area contributed by atoms with Crippen molar-refractivity contribution in [3.63, 3.8) is 0 Å². The smallest absolute Gasteiger partial charge is 0.315 e. The zero-order valence-corrected chi connectivity index (χ0v) is 8.56. The van der Waals surface area contributed by atoms with Gasteiger partial charge in [0.15, 0.2) is 0 Å². The van der Waals surface area contributed by atoms with Crippen LogP contribution in [-0.2, 0) is 4.79 Å². The molecule has 0 heterocycles. The highest BCUT2D eigenvalue weighted by atomic mass is 35.5. The Kier molecular flexibility index (Phi) is 3.82. The van der Waals surface area contributed by atoms with E-state index in [9.17, 15) is 4.79 Å². The molecule has 72 valence electrons. The maximum Gasteiger partial charge on any atom is 0.315 e. The summed E-state index contributed by atoms with van der Waals surface area (Å²) in [5.41, 5.74) is 0.542. The molecule has 1 aromatic carbocycles. The number of benzene rings is 1. The quantitative estimate of drug-likeness (QED) is 0.751. The molecule has 0 aromatic heterocycles. The SMILES string of the molecule is O=C(O)CC#Cc1cc(Cl)ccc1Cl. The normalized spacial score (nSPS) is 9.00. The Labute approximate surface area is 91.5 Å². The summed E-state index contributed by atoms with van der Waals surface area (Å²) in [4.78, 5) is 10.2. The predicted molar refractivity (Wildman–Crippen MR) is 55.6 cm³/mol. The van der Waals surface area contributed by atoms with Crippen LogP contribution in [0.15, 0.2) is 18.2 Å². The van der Waals surface area contributed by atoms with Crippen LogP contribution < -0.4 is 0 Å². The average Bonchev–Trinajstić information content (AvgIpc) is 2.10. The van der Waals surface area contributed by atoms with E-state index in [1.165, 1.54) is 0 Å². The second kappa shape index (κ2) is 4.90. The van der Waals surface area contributed by atoms with Crippen molar-refractivity contribution in [2.45, 2.75) is 6.42 Å². The fourth-order valence-electron chi connectivity index (χ4n) is 0.808. The summed E-state index contributed by atoms with van der Waals surface area (Å²) >= 11 is 11.5. The molecule has 4 heteroatoms. The van der Waals surface area contributed by atoms with Crippen molar-refractivity contribution in [1.29, 1.82) is 0 Å². The Balaban J connectivity index is 2.88. The van der Waals surface area contributed by atoms with E-state index in [2.05, 4.69) is 11.8 Å². The predicted octanol–water partition coefficient (Wildman–Crippen LogP) is 2.82. The van der Waals surface area contributed by atoms with Gasteiger partial charge in [0.05, 0.1) is 5.02 Å². The second-order valence-corrected chi connectivity index (χ2v) is 3.34. The molecule has 0 radical (unpaired) electrons. The van der Waals surface area contributed by atoms with Crippen LogP contribution in [0, 0.1) is 11.8 Å². The van der Waals surface area contributed by atoms with Gasteiger partial charge in [-0.25, -0.2) is 0 Å². The van der Waals surface area contributed by atoms with Gasteiger partial charge in [-0.1, -0.05) is 35.0 Å². The van der Waals surface area contributed by atoms with E-state index in [0.717, 1.165) is 0 Å². The van der Waals surface area contributed by atoms with E-state index in [4.69, 9.17) is 28.3 Å². The van der Waals surface area contributed by atoms with Crippen LogP contribution in [0.2, 0.25) is 10.0 Å². The number of carboxylic acids is 1. The maximum atomic E-state index is 10.2. The lowest BCUT2D eigenvalue weighted by Crippen LogP contribution is -1.90. The summed E-state index contributed by atoms with van der Waals surface area (Å²) in [6.07, 6.45) is -0.206. The summed E-state index contributed by atoms with van der Waals surface area (Å²) < 4.78 is 0. The number of aliphatic carboxylic acids is 1. The summed E-state index contributed by atoms with van der Waals surface area (Å²) in [6, 6.07) is 4.86. The fourth-order valence-corrected chi connectivity index (χ4v) is 1.15. The Hall–Kier alpha value is -1.17. The van der Waals surface area contributed by atoms with Crippen molar-refractivity contribution < 1.29 is 9.90 Å². The third-order valence-corrected chi connectivity index (χ3v) is 1.96. The molecule has 0 saturated heterocycles. The summed E-state index contributed by atoms with van der Waals surface area (Å²) in [6.45, 7) is 0. The van der Waals surface area contributed by atoms with E-state index in [-0.39, 0.29) is 6.42 Å². The molecule has 14 heavy (non-hydrogen) atoms. The molecular weight excluding hydrogens is 223 g/mol. The first-order valence-electron chi connectivity index (χ1n) is 3.75. The molecule has 2 nitrogen and oxygen atoms in total. The minimum Gasteiger partial charge on any atom is -0.481 e. The standard InChI is InChI=1S/C10H6Cl2O2/c11-8-4-5-9(12)7(6-8)2-1-3-10(13)14/h4-6H,3H2,(H,13,14). The minimum atomic E-state index is -0.962. The van der Waals surface area contributed by atoms with Gasteiger partial charge in [0, 0.05) is 10.6 Å². The van der Waals surface area contributed by atoms with Gasteiger partial charge in [-0.15, -0.1) is 0 Å². The molecule has 0 aliphatic rings. The van der Waals surface area contributed by atoms with Crippen molar-refractivity contribution in [3.05, 3.63) is 33.8 Å². The van der Waals surface area contributed by atoms with Crippen LogP contribution in [0.5, 0.6) is 0 Å². The van der Waals surface area contributed by atoms with Gasteiger partial charge in [0.1, 0.15) is 6.42 Å². The third kappa shape index (κ3) is 3.29. The number of hydrogen-bond acceptors (Lipinski definition) is 1. The molecule has 1 N–H and O–H groups in total. The molecule has 0 aliphatic carbocycles. The van der Waals surface area contributed by atoms with Crippen molar-refractivity contribution >= 4 is 29.2 Å². The summed E-state index contributed by atoms with van der Waals surface area (Å²) in [7, 11) is 0. The first-order chi connectivity index (χ1) is 6.59. The molecule has 0 fully saturated rings. The molecule has 0 bridgehead atoms. The van der Waals surface area contributed by atoms with E-state index in [1.807, 2.05) is 0 Å². The topological polar surface area (TPSA) is 37.3 Å². The number of carboxylic acid groups (broad SMARTS) is 1. The van der Waals surface area contributed by atoms with Crippen LogP contribution in [0.3, 0.4) is 0 Å². The van der Waals surface area contributed by atoms with Gasteiger partial charge < -0.3 is 5.11 Å². The largest absolute Gasteiger partial charge is 0.481 e. The molecule has 0 saturated carbocycles. The van der Waals surface area contributed by atoms with E-state index >= 15 is 0 Å². The van der Waals surface area contributed by atoms with Gasteiger partial charge in [-0.05, 0) is 18.2 Å². The van der Waals surface area contributed by atoms with E-state index in [0.29, 0.717) is 15.6 Å². The van der Waals surface area contributed by atoms with Gasteiger partial charge >= 0.3 is 5.97 Å². The Morgan fingerprint density at radius 3 is 2.79 bits per heavy atom. The first-order valence-corrected chi connectivity index (χ1v) is 4.51. The van der Waals surface area contributed by atoms with Crippen LogP contribution in [-0.4, -0.2) is 11.1 Å². The highest BCUT2D eigenvalue weighted by Crippen LogP contribution is 2.19. The van der Waals surface area contributed by atoms with E-state index in [1.54, 1.807) is 18.2 Å². The molecule has 0 atom stereocenters. The lowest BCUT2D eigenvalue weighted by molar-refractivity contribution is -0.135. The van der Waals surface area contributed by atoms with Gasteiger partial charge in [0.25, 0.3) is 0 Å². The van der Waals surface area contributed by atoms with Crippen molar-refractivity contribution in [3.8, 4) is 11.8 Å². The van der Waals surface area contributed by atoms with E-state index < -0.39 is 5.97 Å². The van der Waals surface area contributed by atoms with Gasteiger partial charge in [-0.2, -0.15) is 0 Å². The highest BCUT2D eigenvalue weighted by Gasteiger charge is 1.97. The molecule has 0 spiro atoms. The lowest BCUT2D eigenvalue weighted by Gasteiger charge is -1.95. The van der Waals surface area contributed by atoms with Gasteiger partial charge in [-0.3, -0.25) is 4.79 Å². The highest BCUT2D eigenvalue weighted by molar-refractivity contribution is 6.33. The zero-order chi connectivity index (χ0) is 10.6. The van der Waals surface area contributed by atoms with Crippen LogP contribution in [0.1, 0.15) is 12.0 Å². The summed E-state index contributed by atoms with van der Waals surface area (Å²) in [5, 5.41) is 9.34. The van der Waals surface area contributed by atoms with Gasteiger partial charge in [0.2, 0.25) is 0 Å². The van der Waals surface area contributed by atoms with Crippen LogP contribution >= 0.6 is 23.2 Å². The van der Waals surface area contributed by atoms with Crippen LogP contribution in [0.4, 0.5) is 0 Å². The number of carbonyl (C=O) groups is 1. The molecule has 1 rings (SSSR count). The van der Waals surface area contributed by atoms with Crippen molar-refractivity contribution in [2.24, 2.45) is 0 Å². The Morgan fingerprint density at radius 1 is 1.43 bits per heavy atom. The zero-order valence-electron chi connectivity index (χ0n) is 7.05. The maximum absolute atomic E-state index is 10.2. The monoisotopic (exact) mass is 228 g/mol. The molecule has 0 amide bonds. The van der Waals surface area contributed by atoms with Crippen molar-refractivity contribution in [1.82, 2.24) is 0 Å². The number of halogens is 2. The first kappa shape index (κ1) is 10.9. The average molecular weight is 229 g/mol. The Morgan fingerprint density at radius 2 is 2.14 bits per heavy atom. The van der Waals surface area contributed by atoms with Crippen LogP contribution in [0.25, 0.3) is 0 Å². The van der Waals surface area contributed by atoms with Crippen molar-refractivity contribution in [2.75, 3.05) is 0 Å². The molecular formula is C10H6Cl2O2. The molecule has 0 unspecified atom stereocenters. The fraction of sp³-hybridized carbons (Fsp3) is 0.100. The number of rotatable bonds is 1.